The molecule has 0 aliphatic heterocycles. The molecule has 0 bridgehead atoms. The number of benzene rings is 2. The number of aryl methyl sites for hydroxylation is 1. The van der Waals surface area contributed by atoms with Crippen molar-refractivity contribution in [3.05, 3.63) is 63.0 Å². The Hall–Kier alpha value is -1.65. The van der Waals surface area contributed by atoms with Crippen molar-refractivity contribution in [2.45, 2.75) is 13.8 Å². The quantitative estimate of drug-likeness (QED) is 0.577. The van der Waals surface area contributed by atoms with Gasteiger partial charge >= 0.3 is 0 Å². The number of hydrogen-bond acceptors (Lipinski definition) is 2. The molecule has 22 heavy (non-hydrogen) atoms. The molecular formula is C17H13BrClFN2. The Morgan fingerprint density at radius 2 is 1.91 bits per heavy atom. The van der Waals surface area contributed by atoms with Gasteiger partial charge in [0.05, 0.1) is 21.9 Å². The zero-order chi connectivity index (χ0) is 15.9. The number of fused-ring (bicyclic) bond motifs is 1. The molecule has 0 spiro atoms. The van der Waals surface area contributed by atoms with Gasteiger partial charge in [0.1, 0.15) is 5.82 Å². The Kier molecular flexibility index (Phi) is 4.06. The van der Waals surface area contributed by atoms with E-state index < -0.39 is 0 Å². The molecule has 3 rings (SSSR count). The maximum atomic E-state index is 13.2. The topological polar surface area (TPSA) is 24.9 Å². The molecule has 1 N–H and O–H groups in total. The smallest absolute Gasteiger partial charge is 0.124 e. The van der Waals surface area contributed by atoms with Crippen molar-refractivity contribution in [1.82, 2.24) is 4.98 Å². The highest BCUT2D eigenvalue weighted by atomic mass is 79.9. The summed E-state index contributed by atoms with van der Waals surface area (Å²) in [6.07, 6.45) is 0. The van der Waals surface area contributed by atoms with Gasteiger partial charge in [-0.2, -0.15) is 0 Å². The van der Waals surface area contributed by atoms with Crippen molar-refractivity contribution < 1.29 is 4.39 Å². The lowest BCUT2D eigenvalue weighted by atomic mass is 10.1. The summed E-state index contributed by atoms with van der Waals surface area (Å²) < 4.78 is 13.9. The van der Waals surface area contributed by atoms with Gasteiger partial charge in [-0.15, -0.1) is 0 Å². The summed E-state index contributed by atoms with van der Waals surface area (Å²) in [5.74, 6) is -0.289. The highest BCUT2D eigenvalue weighted by Crippen LogP contribution is 2.34. The summed E-state index contributed by atoms with van der Waals surface area (Å²) in [5, 5.41) is 4.89. The minimum Gasteiger partial charge on any atom is -0.353 e. The molecule has 0 aliphatic carbocycles. The minimum absolute atomic E-state index is 0.289. The van der Waals surface area contributed by atoms with Crippen LogP contribution in [0.15, 0.2) is 40.9 Å². The van der Waals surface area contributed by atoms with E-state index in [1.807, 2.05) is 32.0 Å². The number of aromatic nitrogens is 1. The Morgan fingerprint density at radius 1 is 1.14 bits per heavy atom. The third-order valence-corrected chi connectivity index (χ3v) is 4.77. The second-order valence-electron chi connectivity index (χ2n) is 5.09. The maximum Gasteiger partial charge on any atom is 0.124 e. The molecule has 112 valence electrons. The van der Waals surface area contributed by atoms with E-state index in [2.05, 4.69) is 26.2 Å². The number of nitrogens with zero attached hydrogens (tertiary/aromatic N) is 1. The van der Waals surface area contributed by atoms with Crippen LogP contribution in [0.2, 0.25) is 5.02 Å². The van der Waals surface area contributed by atoms with Gasteiger partial charge in [-0.25, -0.2) is 4.39 Å². The highest BCUT2D eigenvalue weighted by Gasteiger charge is 2.11. The van der Waals surface area contributed by atoms with Gasteiger partial charge < -0.3 is 5.32 Å². The summed E-state index contributed by atoms with van der Waals surface area (Å²) in [6, 6.07) is 10.3. The number of anilines is 2. The van der Waals surface area contributed by atoms with E-state index in [1.165, 1.54) is 12.1 Å². The Balaban J connectivity index is 2.15. The van der Waals surface area contributed by atoms with E-state index in [0.717, 1.165) is 33.5 Å². The summed E-state index contributed by atoms with van der Waals surface area (Å²) in [7, 11) is 0. The second-order valence-corrected chi connectivity index (χ2v) is 6.32. The average Bonchev–Trinajstić information content (AvgIpc) is 2.48. The van der Waals surface area contributed by atoms with Crippen LogP contribution in [0.3, 0.4) is 0 Å². The number of nitrogens with one attached hydrogen (secondary N) is 1. The van der Waals surface area contributed by atoms with E-state index in [9.17, 15) is 4.39 Å². The number of pyridine rings is 1. The van der Waals surface area contributed by atoms with Crippen molar-refractivity contribution in [3.63, 3.8) is 0 Å². The van der Waals surface area contributed by atoms with E-state index in [1.54, 1.807) is 6.07 Å². The summed E-state index contributed by atoms with van der Waals surface area (Å²) in [4.78, 5) is 4.64. The molecule has 0 saturated carbocycles. The van der Waals surface area contributed by atoms with Gasteiger partial charge in [-0.05, 0) is 59.6 Å². The molecule has 2 nitrogen and oxygen atoms in total. The number of halogens is 3. The maximum absolute atomic E-state index is 13.2. The fraction of sp³-hybridized carbons (Fsp3) is 0.118. The predicted molar refractivity (Wildman–Crippen MR) is 93.6 cm³/mol. The van der Waals surface area contributed by atoms with Gasteiger partial charge in [0.15, 0.2) is 0 Å². The first-order valence-corrected chi connectivity index (χ1v) is 7.92. The largest absolute Gasteiger partial charge is 0.353 e. The minimum atomic E-state index is -0.289. The number of para-hydroxylation sites is 1. The zero-order valence-electron chi connectivity index (χ0n) is 12.0. The number of rotatable bonds is 2. The fourth-order valence-corrected chi connectivity index (χ4v) is 3.03. The molecule has 0 atom stereocenters. The van der Waals surface area contributed by atoms with Crippen LogP contribution in [0.25, 0.3) is 10.9 Å². The molecule has 0 aliphatic rings. The summed E-state index contributed by atoms with van der Waals surface area (Å²) in [6.45, 7) is 3.89. The molecule has 3 aromatic rings. The normalized spacial score (nSPS) is 11.0. The van der Waals surface area contributed by atoms with Crippen LogP contribution in [0.4, 0.5) is 15.8 Å². The SMILES string of the molecule is Cc1nc2c(Nc3ccc(F)cc3Br)cccc2c(Cl)c1C. The van der Waals surface area contributed by atoms with Crippen LogP contribution in [-0.2, 0) is 0 Å². The molecule has 5 heteroatoms. The zero-order valence-corrected chi connectivity index (χ0v) is 14.4. The Morgan fingerprint density at radius 3 is 2.64 bits per heavy atom. The first-order chi connectivity index (χ1) is 10.5. The molecule has 2 aromatic carbocycles. The van der Waals surface area contributed by atoms with Crippen molar-refractivity contribution >= 4 is 49.8 Å². The van der Waals surface area contributed by atoms with Crippen LogP contribution >= 0.6 is 27.5 Å². The summed E-state index contributed by atoms with van der Waals surface area (Å²) in [5.41, 5.74) is 4.27. The van der Waals surface area contributed by atoms with Crippen LogP contribution in [0.5, 0.6) is 0 Å². The van der Waals surface area contributed by atoms with Gasteiger partial charge in [0.25, 0.3) is 0 Å². The Bertz CT molecular complexity index is 880. The predicted octanol–water partition coefficient (Wildman–Crippen LogP) is 6.15. The van der Waals surface area contributed by atoms with E-state index in [0.29, 0.717) is 9.50 Å². The van der Waals surface area contributed by atoms with Gasteiger partial charge in [0.2, 0.25) is 0 Å². The van der Waals surface area contributed by atoms with Crippen molar-refractivity contribution in [2.24, 2.45) is 0 Å². The first-order valence-electron chi connectivity index (χ1n) is 6.75. The average molecular weight is 380 g/mol. The van der Waals surface area contributed by atoms with Crippen LogP contribution < -0.4 is 5.32 Å². The summed E-state index contributed by atoms with van der Waals surface area (Å²) >= 11 is 9.79. The monoisotopic (exact) mass is 378 g/mol. The van der Waals surface area contributed by atoms with E-state index in [-0.39, 0.29) is 5.82 Å². The van der Waals surface area contributed by atoms with Crippen LogP contribution in [0.1, 0.15) is 11.3 Å². The molecule has 0 unspecified atom stereocenters. The van der Waals surface area contributed by atoms with Crippen molar-refractivity contribution in [3.8, 4) is 0 Å². The highest BCUT2D eigenvalue weighted by molar-refractivity contribution is 9.10. The first kappa shape index (κ1) is 15.3. The van der Waals surface area contributed by atoms with Gasteiger partial charge in [-0.1, -0.05) is 23.7 Å². The second kappa shape index (κ2) is 5.86. The Labute approximate surface area is 141 Å². The lowest BCUT2D eigenvalue weighted by Gasteiger charge is -2.13. The lowest BCUT2D eigenvalue weighted by Crippen LogP contribution is -1.97. The molecule has 0 amide bonds. The fourth-order valence-electron chi connectivity index (χ4n) is 2.29. The number of hydrogen-bond donors (Lipinski definition) is 1. The van der Waals surface area contributed by atoms with Crippen LogP contribution in [0, 0.1) is 19.7 Å². The van der Waals surface area contributed by atoms with Crippen molar-refractivity contribution in [1.29, 1.82) is 0 Å². The van der Waals surface area contributed by atoms with Gasteiger partial charge in [-0.3, -0.25) is 4.98 Å². The van der Waals surface area contributed by atoms with Gasteiger partial charge in [0, 0.05) is 15.6 Å². The molecule has 0 radical (unpaired) electrons. The lowest BCUT2D eigenvalue weighted by molar-refractivity contribution is 0.627. The third kappa shape index (κ3) is 2.69. The third-order valence-electron chi connectivity index (χ3n) is 3.62. The molecule has 0 saturated heterocycles. The van der Waals surface area contributed by atoms with E-state index in [4.69, 9.17) is 11.6 Å². The molecule has 0 fully saturated rings. The van der Waals surface area contributed by atoms with Crippen molar-refractivity contribution in [2.75, 3.05) is 5.32 Å². The van der Waals surface area contributed by atoms with E-state index >= 15 is 0 Å². The molecular weight excluding hydrogens is 367 g/mol. The molecule has 1 aromatic heterocycles. The standard InChI is InChI=1S/C17H13BrClFN2/c1-9-10(2)21-17-12(16(9)19)4-3-5-15(17)22-14-7-6-11(20)8-13(14)18/h3-8,22H,1-2H3. The molecule has 1 heterocycles. The van der Waals surface area contributed by atoms with Crippen LogP contribution in [-0.4, -0.2) is 4.98 Å².